The van der Waals surface area contributed by atoms with Gasteiger partial charge in [-0.1, -0.05) is 48.0 Å². The Kier molecular flexibility index (Phi) is 7.08. The van der Waals surface area contributed by atoms with Crippen LogP contribution >= 0.6 is 11.6 Å². The minimum Gasteiger partial charge on any atom is -0.444 e. The van der Waals surface area contributed by atoms with E-state index in [2.05, 4.69) is 4.90 Å². The molecule has 1 aromatic heterocycles. The highest BCUT2D eigenvalue weighted by molar-refractivity contribution is 6.30. The largest absolute Gasteiger partial charge is 0.444 e. The molecule has 0 saturated carbocycles. The third kappa shape index (κ3) is 5.98. The normalized spacial score (nSPS) is 14.1. The Morgan fingerprint density at radius 2 is 1.46 bits per heavy atom. The fourth-order valence-electron chi connectivity index (χ4n) is 3.86. The molecule has 1 amide bonds. The first-order valence-corrected chi connectivity index (χ1v) is 12.0. The quantitative estimate of drug-likeness (QED) is 0.433. The lowest BCUT2D eigenvalue weighted by molar-refractivity contribution is 0.0240. The van der Waals surface area contributed by atoms with Crippen LogP contribution in [0.5, 0.6) is 0 Å². The van der Waals surface area contributed by atoms with Crippen LogP contribution in [0.1, 0.15) is 38.1 Å². The molecule has 1 saturated heterocycles. The first kappa shape index (κ1) is 24.7. The highest BCUT2D eigenvalue weighted by atomic mass is 35.5. The SMILES string of the molecule is CC(=O)c1ccc(-c2ncc(N3CCN(C(=O)OC(C)(C)C)CC3)nc2-c2ccc(Cl)cc2)cc1. The average Bonchev–Trinajstić information content (AvgIpc) is 2.83. The molecule has 182 valence electrons. The zero-order chi connectivity index (χ0) is 25.2. The Labute approximate surface area is 210 Å². The van der Waals surface area contributed by atoms with Crippen LogP contribution in [-0.4, -0.2) is 58.5 Å². The van der Waals surface area contributed by atoms with Gasteiger partial charge in [-0.2, -0.15) is 0 Å². The van der Waals surface area contributed by atoms with E-state index in [1.165, 1.54) is 0 Å². The summed E-state index contributed by atoms with van der Waals surface area (Å²) in [6, 6.07) is 14.9. The number of anilines is 1. The smallest absolute Gasteiger partial charge is 0.410 e. The maximum atomic E-state index is 12.4. The molecule has 35 heavy (non-hydrogen) atoms. The van der Waals surface area contributed by atoms with E-state index >= 15 is 0 Å². The van der Waals surface area contributed by atoms with Gasteiger partial charge in [0.15, 0.2) is 5.78 Å². The molecule has 8 heteroatoms. The molecule has 0 atom stereocenters. The fraction of sp³-hybridized carbons (Fsp3) is 0.333. The number of halogens is 1. The molecule has 0 spiro atoms. The number of benzene rings is 2. The van der Waals surface area contributed by atoms with Crippen molar-refractivity contribution < 1.29 is 14.3 Å². The van der Waals surface area contributed by atoms with Gasteiger partial charge < -0.3 is 14.5 Å². The molecule has 0 unspecified atom stereocenters. The molecule has 4 rings (SSSR count). The molecule has 2 heterocycles. The van der Waals surface area contributed by atoms with Crippen LogP contribution in [0.2, 0.25) is 5.02 Å². The first-order chi connectivity index (χ1) is 16.6. The van der Waals surface area contributed by atoms with Gasteiger partial charge in [0.1, 0.15) is 11.4 Å². The van der Waals surface area contributed by atoms with Gasteiger partial charge in [0, 0.05) is 47.9 Å². The Morgan fingerprint density at radius 3 is 2.03 bits per heavy atom. The summed E-state index contributed by atoms with van der Waals surface area (Å²) in [5.41, 5.74) is 3.33. The number of piperazine rings is 1. The van der Waals surface area contributed by atoms with Crippen molar-refractivity contribution in [2.45, 2.75) is 33.3 Å². The van der Waals surface area contributed by atoms with Crippen LogP contribution in [0.4, 0.5) is 10.6 Å². The number of ketones is 1. The summed E-state index contributed by atoms with van der Waals surface area (Å²) >= 11 is 6.12. The van der Waals surface area contributed by atoms with Crippen LogP contribution < -0.4 is 4.90 Å². The van der Waals surface area contributed by atoms with E-state index in [4.69, 9.17) is 26.3 Å². The van der Waals surface area contributed by atoms with Gasteiger partial charge in [-0.3, -0.25) is 9.78 Å². The number of rotatable bonds is 4. The lowest BCUT2D eigenvalue weighted by Crippen LogP contribution is -2.50. The highest BCUT2D eigenvalue weighted by Crippen LogP contribution is 2.32. The zero-order valence-electron chi connectivity index (χ0n) is 20.4. The van der Waals surface area contributed by atoms with Crippen molar-refractivity contribution in [2.75, 3.05) is 31.1 Å². The summed E-state index contributed by atoms with van der Waals surface area (Å²) in [6.45, 7) is 9.48. The second kappa shape index (κ2) is 10.0. The van der Waals surface area contributed by atoms with Crippen molar-refractivity contribution in [1.82, 2.24) is 14.9 Å². The van der Waals surface area contributed by atoms with Crippen LogP contribution in [-0.2, 0) is 4.74 Å². The standard InChI is InChI=1S/C27H29ClN4O3/c1-18(33)19-5-7-20(8-6-19)24-25(21-9-11-22(28)12-10-21)30-23(17-29-24)31-13-15-32(16-14-31)26(34)35-27(2,3)4/h5-12,17H,13-16H2,1-4H3. The van der Waals surface area contributed by atoms with Crippen LogP contribution in [0.15, 0.2) is 54.7 Å². The van der Waals surface area contributed by atoms with Gasteiger partial charge in [-0.05, 0) is 39.8 Å². The zero-order valence-corrected chi connectivity index (χ0v) is 21.2. The van der Waals surface area contributed by atoms with Crippen LogP contribution in [0.3, 0.4) is 0 Å². The van der Waals surface area contributed by atoms with E-state index in [0.717, 1.165) is 28.3 Å². The number of ether oxygens (including phenoxy) is 1. The van der Waals surface area contributed by atoms with Crippen LogP contribution in [0.25, 0.3) is 22.5 Å². The second-order valence-electron chi connectivity index (χ2n) is 9.52. The maximum Gasteiger partial charge on any atom is 0.410 e. The molecular weight excluding hydrogens is 464 g/mol. The Balaban J connectivity index is 1.61. The van der Waals surface area contributed by atoms with Crippen molar-refractivity contribution >= 4 is 29.3 Å². The van der Waals surface area contributed by atoms with Gasteiger partial charge in [-0.25, -0.2) is 9.78 Å². The summed E-state index contributed by atoms with van der Waals surface area (Å²) in [7, 11) is 0. The molecule has 0 radical (unpaired) electrons. The maximum absolute atomic E-state index is 12.4. The molecule has 3 aromatic rings. The molecular formula is C27H29ClN4O3. The monoisotopic (exact) mass is 492 g/mol. The lowest BCUT2D eigenvalue weighted by Gasteiger charge is -2.36. The molecule has 0 bridgehead atoms. The average molecular weight is 493 g/mol. The molecule has 1 aliphatic heterocycles. The van der Waals surface area contributed by atoms with Gasteiger partial charge in [0.2, 0.25) is 0 Å². The van der Waals surface area contributed by atoms with E-state index in [-0.39, 0.29) is 11.9 Å². The number of carbonyl (C=O) groups excluding carboxylic acids is 2. The highest BCUT2D eigenvalue weighted by Gasteiger charge is 2.27. The molecule has 1 aliphatic rings. The van der Waals surface area contributed by atoms with Crippen LogP contribution in [0, 0.1) is 0 Å². The van der Waals surface area contributed by atoms with Gasteiger partial charge in [-0.15, -0.1) is 0 Å². The summed E-state index contributed by atoms with van der Waals surface area (Å²) in [4.78, 5) is 37.7. The minimum atomic E-state index is -0.522. The topological polar surface area (TPSA) is 75.6 Å². The van der Waals surface area contributed by atoms with E-state index in [1.807, 2.05) is 57.2 Å². The third-order valence-electron chi connectivity index (χ3n) is 5.70. The van der Waals surface area contributed by atoms with E-state index < -0.39 is 5.60 Å². The molecule has 7 nitrogen and oxygen atoms in total. The number of Topliss-reactive ketones (excluding diaryl/α,β-unsaturated/α-hetero) is 1. The van der Waals surface area contributed by atoms with Crippen molar-refractivity contribution in [2.24, 2.45) is 0 Å². The van der Waals surface area contributed by atoms with Crippen molar-refractivity contribution in [3.8, 4) is 22.5 Å². The van der Waals surface area contributed by atoms with Gasteiger partial charge >= 0.3 is 6.09 Å². The summed E-state index contributed by atoms with van der Waals surface area (Å²) in [5, 5.41) is 0.642. The fourth-order valence-corrected chi connectivity index (χ4v) is 3.99. The number of nitrogens with zero attached hydrogens (tertiary/aromatic N) is 4. The third-order valence-corrected chi connectivity index (χ3v) is 5.95. The predicted octanol–water partition coefficient (Wildman–Crippen LogP) is 5.72. The summed E-state index contributed by atoms with van der Waals surface area (Å²) in [5.74, 6) is 0.754. The van der Waals surface area contributed by atoms with Gasteiger partial charge in [0.05, 0.1) is 17.6 Å². The van der Waals surface area contributed by atoms with Gasteiger partial charge in [0.25, 0.3) is 0 Å². The van der Waals surface area contributed by atoms with Crippen molar-refractivity contribution in [3.05, 3.63) is 65.3 Å². The number of aromatic nitrogens is 2. The Morgan fingerprint density at radius 1 is 0.886 bits per heavy atom. The number of hydrogen-bond donors (Lipinski definition) is 0. The molecule has 2 aromatic carbocycles. The van der Waals surface area contributed by atoms with E-state index in [9.17, 15) is 9.59 Å². The molecule has 1 fully saturated rings. The predicted molar refractivity (Wildman–Crippen MR) is 138 cm³/mol. The summed E-state index contributed by atoms with van der Waals surface area (Å²) < 4.78 is 5.50. The molecule has 0 aliphatic carbocycles. The minimum absolute atomic E-state index is 0.0152. The number of amides is 1. The summed E-state index contributed by atoms with van der Waals surface area (Å²) in [6.07, 6.45) is 1.46. The Hall–Kier alpha value is -3.45. The Bertz CT molecular complexity index is 1210. The van der Waals surface area contributed by atoms with E-state index in [1.54, 1.807) is 30.2 Å². The molecule has 0 N–H and O–H groups in total. The first-order valence-electron chi connectivity index (χ1n) is 11.6. The van der Waals surface area contributed by atoms with E-state index in [0.29, 0.717) is 36.8 Å². The number of hydrogen-bond acceptors (Lipinski definition) is 6. The number of carbonyl (C=O) groups is 2. The lowest BCUT2D eigenvalue weighted by atomic mass is 10.0. The second-order valence-corrected chi connectivity index (χ2v) is 9.96. The van der Waals surface area contributed by atoms with Crippen molar-refractivity contribution in [1.29, 1.82) is 0 Å². The van der Waals surface area contributed by atoms with Crippen molar-refractivity contribution in [3.63, 3.8) is 0 Å².